The molecule has 1 N–H and O–H groups in total. The molecule has 2 aromatic heterocycles. The Morgan fingerprint density at radius 1 is 1.14 bits per heavy atom. The van der Waals surface area contributed by atoms with Crippen molar-refractivity contribution >= 4 is 5.91 Å². The Balaban J connectivity index is 1.31. The summed E-state index contributed by atoms with van der Waals surface area (Å²) in [5.74, 6) is -0.102. The summed E-state index contributed by atoms with van der Waals surface area (Å²) < 4.78 is 6.02. The van der Waals surface area contributed by atoms with Crippen LogP contribution in [0.4, 0.5) is 0 Å². The summed E-state index contributed by atoms with van der Waals surface area (Å²) in [6.07, 6.45) is 14.1. The van der Waals surface area contributed by atoms with Crippen molar-refractivity contribution in [3.05, 3.63) is 53.9 Å². The molecule has 1 unspecified atom stereocenters. The van der Waals surface area contributed by atoms with E-state index in [1.807, 2.05) is 6.20 Å². The van der Waals surface area contributed by atoms with Crippen LogP contribution < -0.4 is 5.32 Å². The largest absolute Gasteiger partial charge is 0.369 e. The zero-order valence-electron chi connectivity index (χ0n) is 16.8. The molecule has 1 saturated carbocycles. The molecule has 1 aliphatic carbocycles. The van der Waals surface area contributed by atoms with E-state index in [-0.39, 0.29) is 12.0 Å². The van der Waals surface area contributed by atoms with Crippen LogP contribution in [0.5, 0.6) is 0 Å². The fourth-order valence-corrected chi connectivity index (χ4v) is 4.23. The number of morpholine rings is 1. The van der Waals surface area contributed by atoms with E-state index in [1.165, 1.54) is 32.1 Å². The molecule has 1 saturated heterocycles. The van der Waals surface area contributed by atoms with E-state index in [9.17, 15) is 4.79 Å². The molecule has 7 heteroatoms. The van der Waals surface area contributed by atoms with Gasteiger partial charge in [-0.3, -0.25) is 24.6 Å². The highest BCUT2D eigenvalue weighted by Gasteiger charge is 2.29. The van der Waals surface area contributed by atoms with Gasteiger partial charge in [-0.25, -0.2) is 0 Å². The van der Waals surface area contributed by atoms with Crippen molar-refractivity contribution in [2.45, 2.75) is 50.7 Å². The van der Waals surface area contributed by atoms with Crippen molar-refractivity contribution in [1.29, 1.82) is 0 Å². The number of ether oxygens (including phenoxy) is 1. The van der Waals surface area contributed by atoms with E-state index < -0.39 is 0 Å². The molecular formula is C22H29N5O2. The van der Waals surface area contributed by atoms with Crippen molar-refractivity contribution in [3.8, 4) is 0 Å². The molecule has 0 spiro atoms. The molecule has 1 amide bonds. The molecule has 29 heavy (non-hydrogen) atoms. The average Bonchev–Trinajstić information content (AvgIpc) is 2.80. The quantitative estimate of drug-likeness (QED) is 0.810. The van der Waals surface area contributed by atoms with E-state index in [1.54, 1.807) is 30.7 Å². The highest BCUT2D eigenvalue weighted by atomic mass is 16.5. The standard InChI is InChI=1S/C22H29N5O2/c28-22(17-6-9-23-10-7-17)25-11-8-18-14-24-15-20(26-18)21-16-27(12-13-29-21)19-4-2-1-3-5-19/h6-7,9-10,14-15,19,21H,1-5,8,11-13,16H2,(H,25,28). The van der Waals surface area contributed by atoms with Crippen molar-refractivity contribution in [2.24, 2.45) is 0 Å². The number of carbonyl (C=O) groups excluding carboxylic acids is 1. The molecule has 0 radical (unpaired) electrons. The second-order valence-corrected chi connectivity index (χ2v) is 7.82. The highest BCUT2D eigenvalue weighted by Crippen LogP contribution is 2.28. The summed E-state index contributed by atoms with van der Waals surface area (Å²) >= 11 is 0. The number of carbonyl (C=O) groups is 1. The third-order valence-electron chi connectivity index (χ3n) is 5.83. The van der Waals surface area contributed by atoms with Crippen LogP contribution in [0.3, 0.4) is 0 Å². The van der Waals surface area contributed by atoms with Crippen LogP contribution >= 0.6 is 0 Å². The topological polar surface area (TPSA) is 80.2 Å². The van der Waals surface area contributed by atoms with Crippen molar-refractivity contribution in [1.82, 2.24) is 25.2 Å². The van der Waals surface area contributed by atoms with Crippen LogP contribution in [0, 0.1) is 0 Å². The first-order chi connectivity index (χ1) is 14.3. The lowest BCUT2D eigenvalue weighted by molar-refractivity contribution is -0.0518. The minimum absolute atomic E-state index is 0.0236. The normalized spacial score (nSPS) is 21.0. The second-order valence-electron chi connectivity index (χ2n) is 7.82. The lowest BCUT2D eigenvalue weighted by atomic mass is 9.93. The van der Waals surface area contributed by atoms with Crippen LogP contribution in [0.25, 0.3) is 0 Å². The smallest absolute Gasteiger partial charge is 0.251 e. The first-order valence-electron chi connectivity index (χ1n) is 10.6. The van der Waals surface area contributed by atoms with Gasteiger partial charge in [-0.1, -0.05) is 19.3 Å². The van der Waals surface area contributed by atoms with Crippen LogP contribution in [0.15, 0.2) is 36.9 Å². The third-order valence-corrected chi connectivity index (χ3v) is 5.83. The first-order valence-corrected chi connectivity index (χ1v) is 10.6. The maximum atomic E-state index is 12.1. The van der Waals surface area contributed by atoms with Gasteiger partial charge in [0.1, 0.15) is 6.10 Å². The van der Waals surface area contributed by atoms with E-state index >= 15 is 0 Å². The molecule has 3 heterocycles. The summed E-state index contributed by atoms with van der Waals surface area (Å²) in [6.45, 7) is 3.16. The van der Waals surface area contributed by atoms with Crippen LogP contribution in [0.2, 0.25) is 0 Å². The van der Waals surface area contributed by atoms with Crippen LogP contribution in [0.1, 0.15) is 60.0 Å². The van der Waals surface area contributed by atoms with Gasteiger partial charge < -0.3 is 10.1 Å². The van der Waals surface area contributed by atoms with Gasteiger partial charge in [0, 0.05) is 56.3 Å². The van der Waals surface area contributed by atoms with Gasteiger partial charge in [0.05, 0.1) is 24.2 Å². The van der Waals surface area contributed by atoms with Gasteiger partial charge >= 0.3 is 0 Å². The summed E-state index contributed by atoms with van der Waals surface area (Å²) in [5.41, 5.74) is 2.37. The van der Waals surface area contributed by atoms with Crippen LogP contribution in [-0.2, 0) is 11.2 Å². The summed E-state index contributed by atoms with van der Waals surface area (Å²) in [5, 5.41) is 2.92. The minimum Gasteiger partial charge on any atom is -0.369 e. The van der Waals surface area contributed by atoms with Crippen molar-refractivity contribution in [2.75, 3.05) is 26.2 Å². The van der Waals surface area contributed by atoms with E-state index in [4.69, 9.17) is 9.72 Å². The molecule has 4 rings (SSSR count). The number of nitrogens with zero attached hydrogens (tertiary/aromatic N) is 4. The van der Waals surface area contributed by atoms with Crippen molar-refractivity contribution in [3.63, 3.8) is 0 Å². The Morgan fingerprint density at radius 2 is 1.97 bits per heavy atom. The number of aromatic nitrogens is 3. The van der Waals surface area contributed by atoms with Crippen LogP contribution in [-0.4, -0.2) is 58.0 Å². The molecule has 7 nitrogen and oxygen atoms in total. The summed E-state index contributed by atoms with van der Waals surface area (Å²) in [6, 6.07) is 4.09. The lowest BCUT2D eigenvalue weighted by Gasteiger charge is -2.39. The minimum atomic E-state index is -0.102. The first kappa shape index (κ1) is 19.9. The molecule has 0 bridgehead atoms. The molecule has 1 aliphatic heterocycles. The predicted octanol–water partition coefficient (Wildman–Crippen LogP) is 2.55. The molecule has 2 fully saturated rings. The fraction of sp³-hybridized carbons (Fsp3) is 0.545. The van der Waals surface area contributed by atoms with Crippen molar-refractivity contribution < 1.29 is 9.53 Å². The Hall–Kier alpha value is -2.38. The fourth-order valence-electron chi connectivity index (χ4n) is 4.23. The Labute approximate surface area is 171 Å². The zero-order chi connectivity index (χ0) is 19.9. The molecule has 2 aliphatic rings. The molecule has 0 aromatic carbocycles. The average molecular weight is 396 g/mol. The number of hydrogen-bond acceptors (Lipinski definition) is 6. The Morgan fingerprint density at radius 3 is 2.79 bits per heavy atom. The molecule has 2 aromatic rings. The molecular weight excluding hydrogens is 366 g/mol. The monoisotopic (exact) mass is 395 g/mol. The number of hydrogen-bond donors (Lipinski definition) is 1. The lowest BCUT2D eigenvalue weighted by Crippen LogP contribution is -2.45. The van der Waals surface area contributed by atoms with Gasteiger partial charge in [-0.05, 0) is 25.0 Å². The van der Waals surface area contributed by atoms with E-state index in [0.29, 0.717) is 24.6 Å². The third kappa shape index (κ3) is 5.36. The number of nitrogens with one attached hydrogen (secondary N) is 1. The summed E-state index contributed by atoms with van der Waals surface area (Å²) in [7, 11) is 0. The number of rotatable bonds is 6. The Kier molecular flexibility index (Phi) is 6.79. The number of amides is 1. The molecule has 1 atom stereocenters. The van der Waals surface area contributed by atoms with Gasteiger partial charge in [0.25, 0.3) is 5.91 Å². The molecule has 154 valence electrons. The number of pyridine rings is 1. The van der Waals surface area contributed by atoms with Gasteiger partial charge in [-0.15, -0.1) is 0 Å². The van der Waals surface area contributed by atoms with Gasteiger partial charge in [0.2, 0.25) is 0 Å². The SMILES string of the molecule is O=C(NCCc1cncc(C2CN(C3CCCCC3)CCO2)n1)c1ccncc1. The predicted molar refractivity (Wildman–Crippen MR) is 109 cm³/mol. The van der Waals surface area contributed by atoms with Gasteiger partial charge in [0.15, 0.2) is 0 Å². The second kappa shape index (κ2) is 9.89. The van der Waals surface area contributed by atoms with Gasteiger partial charge in [-0.2, -0.15) is 0 Å². The Bertz CT molecular complexity index is 795. The van der Waals surface area contributed by atoms with E-state index in [0.717, 1.165) is 31.1 Å². The van der Waals surface area contributed by atoms with E-state index in [2.05, 4.69) is 20.2 Å². The maximum Gasteiger partial charge on any atom is 0.251 e. The highest BCUT2D eigenvalue weighted by molar-refractivity contribution is 5.93. The maximum absolute atomic E-state index is 12.1. The zero-order valence-corrected chi connectivity index (χ0v) is 16.8. The summed E-state index contributed by atoms with van der Waals surface area (Å²) in [4.78, 5) is 27.8.